The molecule has 2 aromatic rings. The number of amides is 1. The highest BCUT2D eigenvalue weighted by molar-refractivity contribution is 5.93. The van der Waals surface area contributed by atoms with E-state index in [1.54, 1.807) is 6.07 Å². The molecule has 0 unspecified atom stereocenters. The molecule has 3 nitrogen and oxygen atoms in total. The Hall–Kier alpha value is -2.43. The molecule has 2 aromatic carbocycles. The van der Waals surface area contributed by atoms with Crippen molar-refractivity contribution < 1.29 is 13.6 Å². The number of halogens is 2. The molecule has 3 aliphatic carbocycles. The fourth-order valence-electron chi connectivity index (χ4n) is 5.63. The molecule has 0 saturated heterocycles. The zero-order chi connectivity index (χ0) is 20.4. The van der Waals surface area contributed by atoms with Crippen molar-refractivity contribution in [3.63, 3.8) is 0 Å². The van der Waals surface area contributed by atoms with Gasteiger partial charge in [-0.05, 0) is 91.5 Å². The van der Waals surface area contributed by atoms with Gasteiger partial charge in [-0.2, -0.15) is 0 Å². The van der Waals surface area contributed by atoms with E-state index in [2.05, 4.69) is 22.3 Å². The van der Waals surface area contributed by atoms with E-state index in [-0.39, 0.29) is 17.1 Å². The monoisotopic (exact) mass is 396 g/mol. The quantitative estimate of drug-likeness (QED) is 0.768. The second kappa shape index (κ2) is 6.28. The third-order valence-electron chi connectivity index (χ3n) is 6.94. The number of aryl methyl sites for hydroxylation is 2. The van der Waals surface area contributed by atoms with E-state index in [0.29, 0.717) is 25.7 Å². The number of hydrogen-bond acceptors (Lipinski definition) is 2. The van der Waals surface area contributed by atoms with Crippen LogP contribution in [-0.2, 0) is 17.8 Å². The summed E-state index contributed by atoms with van der Waals surface area (Å²) in [6.45, 7) is 5.62. The Kier molecular flexibility index (Phi) is 4.03. The summed E-state index contributed by atoms with van der Waals surface area (Å²) in [5, 5.41) is 3.07. The van der Waals surface area contributed by atoms with Crippen molar-refractivity contribution >= 4 is 17.3 Å². The Bertz CT molecular complexity index is 973. The molecule has 0 atom stereocenters. The molecule has 1 N–H and O–H groups in total. The Morgan fingerprint density at radius 3 is 2.45 bits per heavy atom. The number of carbonyl (C=O) groups excluding carboxylic acids is 1. The highest BCUT2D eigenvalue weighted by Crippen LogP contribution is 2.71. The van der Waals surface area contributed by atoms with Gasteiger partial charge in [0.1, 0.15) is 11.5 Å². The molecule has 152 valence electrons. The van der Waals surface area contributed by atoms with Crippen LogP contribution in [-0.4, -0.2) is 18.1 Å². The average molecular weight is 396 g/mol. The lowest BCUT2D eigenvalue weighted by Crippen LogP contribution is -2.65. The molecule has 6 rings (SSSR count). The normalized spacial score (nSPS) is 27.0. The number of alkyl halides is 1. The van der Waals surface area contributed by atoms with E-state index >= 15 is 0 Å². The lowest BCUT2D eigenvalue weighted by molar-refractivity contribution is -0.214. The lowest BCUT2D eigenvalue weighted by Gasteiger charge is -2.65. The van der Waals surface area contributed by atoms with E-state index in [4.69, 9.17) is 0 Å². The van der Waals surface area contributed by atoms with Crippen molar-refractivity contribution in [3.8, 4) is 0 Å². The number of anilines is 2. The van der Waals surface area contributed by atoms with Gasteiger partial charge in [0.15, 0.2) is 0 Å². The van der Waals surface area contributed by atoms with Crippen LogP contribution >= 0.6 is 0 Å². The number of nitrogens with zero attached hydrogens (tertiary/aromatic N) is 1. The molecule has 0 spiro atoms. The summed E-state index contributed by atoms with van der Waals surface area (Å²) in [5.41, 5.74) is 5.23. The summed E-state index contributed by atoms with van der Waals surface area (Å²) in [6, 6.07) is 9.24. The second-order valence-electron chi connectivity index (χ2n) is 9.45. The molecule has 1 aliphatic heterocycles. The summed E-state index contributed by atoms with van der Waals surface area (Å²) < 4.78 is 27.2. The first-order chi connectivity index (χ1) is 13.7. The third kappa shape index (κ3) is 3.21. The van der Waals surface area contributed by atoms with Crippen molar-refractivity contribution in [1.82, 2.24) is 0 Å². The molecule has 0 radical (unpaired) electrons. The van der Waals surface area contributed by atoms with Gasteiger partial charge < -0.3 is 10.2 Å². The van der Waals surface area contributed by atoms with Gasteiger partial charge in [0, 0.05) is 30.9 Å². The fraction of sp³-hybridized carbons (Fsp3) is 0.458. The molecular formula is C24H26F2N2O. The van der Waals surface area contributed by atoms with Crippen molar-refractivity contribution in [2.45, 2.75) is 58.2 Å². The molecule has 3 fully saturated rings. The van der Waals surface area contributed by atoms with Crippen LogP contribution < -0.4 is 10.2 Å². The molecule has 3 saturated carbocycles. The highest BCUT2D eigenvalue weighted by atomic mass is 19.1. The van der Waals surface area contributed by atoms with Gasteiger partial charge >= 0.3 is 0 Å². The van der Waals surface area contributed by atoms with Crippen LogP contribution in [0.4, 0.5) is 20.2 Å². The van der Waals surface area contributed by atoms with E-state index in [1.807, 2.05) is 19.9 Å². The molecule has 1 amide bonds. The number of fused-ring (bicyclic) bond motifs is 1. The van der Waals surface area contributed by atoms with Crippen molar-refractivity contribution in [1.29, 1.82) is 0 Å². The molecule has 29 heavy (non-hydrogen) atoms. The highest BCUT2D eigenvalue weighted by Gasteiger charge is 2.69. The maximum atomic E-state index is 13.7. The van der Waals surface area contributed by atoms with Crippen LogP contribution in [0.25, 0.3) is 0 Å². The van der Waals surface area contributed by atoms with Gasteiger partial charge in [-0.3, -0.25) is 4.79 Å². The largest absolute Gasteiger partial charge is 0.367 e. The number of carbonyl (C=O) groups is 1. The van der Waals surface area contributed by atoms with Crippen molar-refractivity contribution in [2.24, 2.45) is 5.41 Å². The number of nitrogens with one attached hydrogen (secondary N) is 1. The molecule has 4 aliphatic rings. The zero-order valence-corrected chi connectivity index (χ0v) is 16.9. The second-order valence-corrected chi connectivity index (χ2v) is 9.45. The standard InChI is InChI=1S/C24H26F2N2O/c1-15-7-20(28-6-5-17-9-19(25)4-3-18(17)11-28)8-16(2)22(15)27-21(29)10-23-12-24(26,13-23)14-23/h3-4,7-9H,5-6,10-14H2,1-2H3,(H,27,29). The zero-order valence-electron chi connectivity index (χ0n) is 16.9. The summed E-state index contributed by atoms with van der Waals surface area (Å²) in [7, 11) is 0. The maximum absolute atomic E-state index is 13.7. The van der Waals surface area contributed by atoms with Gasteiger partial charge in [0.25, 0.3) is 0 Å². The summed E-state index contributed by atoms with van der Waals surface area (Å²) >= 11 is 0. The smallest absolute Gasteiger partial charge is 0.224 e. The summed E-state index contributed by atoms with van der Waals surface area (Å²) in [5.74, 6) is -0.191. The van der Waals surface area contributed by atoms with Gasteiger partial charge in [-0.25, -0.2) is 8.78 Å². The summed E-state index contributed by atoms with van der Waals surface area (Å²) in [6.07, 6.45) is 2.88. The van der Waals surface area contributed by atoms with Gasteiger partial charge in [-0.15, -0.1) is 0 Å². The molecule has 5 heteroatoms. The number of hydrogen-bond donors (Lipinski definition) is 1. The molecule has 2 bridgehead atoms. The van der Waals surface area contributed by atoms with Crippen molar-refractivity contribution in [2.75, 3.05) is 16.8 Å². The Labute approximate surface area is 170 Å². The first kappa shape index (κ1) is 18.6. The first-order valence-electron chi connectivity index (χ1n) is 10.4. The van der Waals surface area contributed by atoms with E-state index in [1.165, 1.54) is 6.07 Å². The van der Waals surface area contributed by atoms with Crippen LogP contribution in [0, 0.1) is 25.1 Å². The Morgan fingerprint density at radius 1 is 1.10 bits per heavy atom. The van der Waals surface area contributed by atoms with E-state index in [0.717, 1.165) is 53.1 Å². The predicted molar refractivity (Wildman–Crippen MR) is 110 cm³/mol. The van der Waals surface area contributed by atoms with E-state index < -0.39 is 5.67 Å². The molecule has 1 heterocycles. The summed E-state index contributed by atoms with van der Waals surface area (Å²) in [4.78, 5) is 14.8. The van der Waals surface area contributed by atoms with Crippen molar-refractivity contribution in [3.05, 3.63) is 58.4 Å². The predicted octanol–water partition coefficient (Wildman–Crippen LogP) is 5.23. The van der Waals surface area contributed by atoms with Crippen LogP contribution in [0.2, 0.25) is 0 Å². The van der Waals surface area contributed by atoms with Gasteiger partial charge in [0.05, 0.1) is 0 Å². The Morgan fingerprint density at radius 2 is 1.79 bits per heavy atom. The Balaban J connectivity index is 1.29. The minimum Gasteiger partial charge on any atom is -0.367 e. The minimum atomic E-state index is -0.966. The van der Waals surface area contributed by atoms with Gasteiger partial charge in [-0.1, -0.05) is 6.07 Å². The van der Waals surface area contributed by atoms with Crippen LogP contribution in [0.5, 0.6) is 0 Å². The third-order valence-corrected chi connectivity index (χ3v) is 6.94. The molecular weight excluding hydrogens is 370 g/mol. The average Bonchev–Trinajstić information content (AvgIpc) is 2.62. The number of rotatable bonds is 4. The lowest BCUT2D eigenvalue weighted by atomic mass is 9.41. The topological polar surface area (TPSA) is 32.3 Å². The number of benzene rings is 2. The van der Waals surface area contributed by atoms with Crippen LogP contribution in [0.1, 0.15) is 47.9 Å². The minimum absolute atomic E-state index is 0.0142. The molecule has 0 aromatic heterocycles. The SMILES string of the molecule is Cc1cc(N2CCc3cc(F)ccc3C2)cc(C)c1NC(=O)CC12CC(F)(C1)C2. The van der Waals surface area contributed by atoms with E-state index in [9.17, 15) is 13.6 Å². The van der Waals surface area contributed by atoms with Gasteiger partial charge in [0.2, 0.25) is 5.91 Å². The first-order valence-corrected chi connectivity index (χ1v) is 10.4. The maximum Gasteiger partial charge on any atom is 0.224 e. The van der Waals surface area contributed by atoms with Crippen LogP contribution in [0.15, 0.2) is 30.3 Å². The van der Waals surface area contributed by atoms with Crippen LogP contribution in [0.3, 0.4) is 0 Å². The fourth-order valence-corrected chi connectivity index (χ4v) is 5.63.